The van der Waals surface area contributed by atoms with Gasteiger partial charge in [0.05, 0.1) is 16.3 Å². The summed E-state index contributed by atoms with van der Waals surface area (Å²) >= 11 is 0. The first-order valence-corrected chi connectivity index (χ1v) is 8.22. The summed E-state index contributed by atoms with van der Waals surface area (Å²) in [5.74, 6) is -0.120. The van der Waals surface area contributed by atoms with Crippen LogP contribution in [0.25, 0.3) is 0 Å². The van der Waals surface area contributed by atoms with E-state index in [0.29, 0.717) is 16.8 Å². The van der Waals surface area contributed by atoms with E-state index in [1.165, 1.54) is 36.4 Å². The lowest BCUT2D eigenvalue weighted by molar-refractivity contribution is -0.384. The molecule has 0 saturated heterocycles. The van der Waals surface area contributed by atoms with E-state index in [9.17, 15) is 30.7 Å². The second-order valence-corrected chi connectivity index (χ2v) is 5.89. The van der Waals surface area contributed by atoms with Gasteiger partial charge in [-0.2, -0.15) is 5.10 Å². The normalized spacial score (nSPS) is 11.2. The molecule has 0 aliphatic carbocycles. The summed E-state index contributed by atoms with van der Waals surface area (Å²) in [6.07, 6.45) is 0. The van der Waals surface area contributed by atoms with Crippen molar-refractivity contribution >= 4 is 22.8 Å². The molecule has 148 valence electrons. The number of hydrogen-bond donors (Lipinski definition) is 4. The Morgan fingerprint density at radius 1 is 0.966 bits per heavy atom. The van der Waals surface area contributed by atoms with Crippen LogP contribution < -0.4 is 15.8 Å². The van der Waals surface area contributed by atoms with E-state index in [1.807, 2.05) is 0 Å². The Labute approximate surface area is 164 Å². The van der Waals surface area contributed by atoms with Gasteiger partial charge in [-0.15, -0.1) is 11.0 Å². The summed E-state index contributed by atoms with van der Waals surface area (Å²) in [7, 11) is 0. The molecule has 0 saturated carbocycles. The Balaban J connectivity index is 2.04. The number of rotatable bonds is 6. The van der Waals surface area contributed by atoms with Gasteiger partial charge in [-0.1, -0.05) is 24.3 Å². The largest absolute Gasteiger partial charge is 0.872 e. The molecule has 3 aromatic carbocycles. The Hall–Kier alpha value is -4.15. The zero-order valence-electron chi connectivity index (χ0n) is 14.8. The molecular weight excluding hydrogens is 380 g/mol. The lowest BCUT2D eigenvalue weighted by atomic mass is 10.0. The third-order valence-electron chi connectivity index (χ3n) is 3.96. The van der Waals surface area contributed by atoms with Crippen molar-refractivity contribution in [3.8, 4) is 11.5 Å². The van der Waals surface area contributed by atoms with Crippen LogP contribution in [0, 0.1) is 10.1 Å². The molecule has 10 heteroatoms. The molecule has 10 nitrogen and oxygen atoms in total. The summed E-state index contributed by atoms with van der Waals surface area (Å²) in [6, 6.07) is 15.4. The number of non-ortho nitro benzene ring substituents is 1. The van der Waals surface area contributed by atoms with Crippen molar-refractivity contribution in [2.24, 2.45) is 5.10 Å². The zero-order valence-corrected chi connectivity index (χ0v) is 14.8. The maximum atomic E-state index is 11.4. The predicted molar refractivity (Wildman–Crippen MR) is 102 cm³/mol. The van der Waals surface area contributed by atoms with Crippen molar-refractivity contribution in [1.29, 1.82) is 0 Å². The first kappa shape index (κ1) is 19.6. The second kappa shape index (κ2) is 8.25. The summed E-state index contributed by atoms with van der Waals surface area (Å²) in [5.41, 5.74) is 3.67. The number of nitro groups is 1. The molecule has 0 fully saturated rings. The fourth-order valence-electron chi connectivity index (χ4n) is 2.54. The summed E-state index contributed by atoms with van der Waals surface area (Å²) in [4.78, 5) is 10.2. The third kappa shape index (κ3) is 4.58. The molecule has 0 aromatic heterocycles. The first-order chi connectivity index (χ1) is 13.8. The van der Waals surface area contributed by atoms with Crippen LogP contribution in [0.1, 0.15) is 11.1 Å². The van der Waals surface area contributed by atoms with Gasteiger partial charge < -0.3 is 10.2 Å². The highest BCUT2D eigenvalue weighted by molar-refractivity contribution is 6.13. The number of phenolic OH excluding ortho intramolecular Hbond substituents is 1. The third-order valence-corrected chi connectivity index (χ3v) is 3.96. The molecule has 0 bridgehead atoms. The van der Waals surface area contributed by atoms with E-state index in [0.717, 1.165) is 6.07 Å². The number of phenols is 1. The molecule has 29 heavy (non-hydrogen) atoms. The molecule has 0 aliphatic heterocycles. The highest BCUT2D eigenvalue weighted by Crippen LogP contribution is 2.29. The van der Waals surface area contributed by atoms with Gasteiger partial charge in [-0.05, 0) is 30.3 Å². The van der Waals surface area contributed by atoms with Gasteiger partial charge in [0.2, 0.25) is 0 Å². The minimum Gasteiger partial charge on any atom is -0.872 e. The van der Waals surface area contributed by atoms with Crippen molar-refractivity contribution < 1.29 is 25.6 Å². The molecule has 0 heterocycles. The summed E-state index contributed by atoms with van der Waals surface area (Å²) < 4.78 is 0. The van der Waals surface area contributed by atoms with Crippen LogP contribution in [0.15, 0.2) is 71.8 Å². The van der Waals surface area contributed by atoms with Crippen LogP contribution in [0.5, 0.6) is 11.5 Å². The standard InChI is InChI=1S/C19H16N4O6/c24-15-6-1-12(2-7-15)19(13-3-8-16(25)9-4-13)21-20-17-10-5-14(22(26)27)11-18(17)23(28)29/h1-11,20,24-25,28-29H/p-1. The van der Waals surface area contributed by atoms with E-state index in [-0.39, 0.29) is 33.8 Å². The number of nitro benzene ring substituents is 1. The van der Waals surface area contributed by atoms with Gasteiger partial charge in [0.25, 0.3) is 5.69 Å². The van der Waals surface area contributed by atoms with Crippen LogP contribution in [0.3, 0.4) is 0 Å². The maximum Gasteiger partial charge on any atom is 0.271 e. The molecule has 0 spiro atoms. The van der Waals surface area contributed by atoms with Crippen molar-refractivity contribution in [2.75, 3.05) is 10.7 Å². The number of hydrazone groups is 1. The van der Waals surface area contributed by atoms with Crippen LogP contribution in [0.4, 0.5) is 17.1 Å². The Bertz CT molecular complexity index is 1000. The van der Waals surface area contributed by atoms with Crippen LogP contribution in [-0.2, 0) is 0 Å². The van der Waals surface area contributed by atoms with Gasteiger partial charge in [-0.3, -0.25) is 26.0 Å². The maximum absolute atomic E-state index is 11.4. The van der Waals surface area contributed by atoms with E-state index in [2.05, 4.69) is 10.5 Å². The minimum absolute atomic E-state index is 0.0600. The van der Waals surface area contributed by atoms with Crippen LogP contribution in [0.2, 0.25) is 0 Å². The Morgan fingerprint density at radius 3 is 2.10 bits per heavy atom. The molecule has 4 N–H and O–H groups in total. The van der Waals surface area contributed by atoms with Crippen molar-refractivity contribution in [1.82, 2.24) is 0 Å². The molecular formula is C19H15N4O6-. The molecule has 0 unspecified atom stereocenters. The lowest BCUT2D eigenvalue weighted by Crippen LogP contribution is -2.14. The van der Waals surface area contributed by atoms with Crippen molar-refractivity contribution in [3.63, 3.8) is 0 Å². The quantitative estimate of drug-likeness (QED) is 0.282. The van der Waals surface area contributed by atoms with Crippen molar-refractivity contribution in [2.45, 2.75) is 0 Å². The number of aromatic hydroxyl groups is 1. The lowest BCUT2D eigenvalue weighted by Gasteiger charge is -2.14. The first-order valence-electron chi connectivity index (χ1n) is 8.22. The fourth-order valence-corrected chi connectivity index (χ4v) is 2.54. The Kier molecular flexibility index (Phi) is 5.58. The van der Waals surface area contributed by atoms with Gasteiger partial charge in [0, 0.05) is 23.3 Å². The van der Waals surface area contributed by atoms with E-state index in [4.69, 9.17) is 0 Å². The number of benzene rings is 3. The summed E-state index contributed by atoms with van der Waals surface area (Å²) in [6.45, 7) is 0. The molecule has 3 aromatic rings. The smallest absolute Gasteiger partial charge is 0.271 e. The number of anilines is 2. The monoisotopic (exact) mass is 395 g/mol. The molecule has 0 atom stereocenters. The number of nitrogens with one attached hydrogen (secondary N) is 1. The topological polar surface area (TPSA) is 155 Å². The van der Waals surface area contributed by atoms with E-state index >= 15 is 0 Å². The highest BCUT2D eigenvalue weighted by Gasteiger charge is 2.15. The predicted octanol–water partition coefficient (Wildman–Crippen LogP) is 2.82. The minimum atomic E-state index is -0.674. The highest BCUT2D eigenvalue weighted by atomic mass is 16.8. The average Bonchev–Trinajstić information content (AvgIpc) is 2.70. The molecule has 0 amide bonds. The SMILES string of the molecule is O=[N+]([O-])c1ccc(NN=C(c2ccc([O-])cc2)c2ccc(O)cc2)c(N(O)O)c1. The number of nitrogens with zero attached hydrogens (tertiary/aromatic N) is 3. The van der Waals surface area contributed by atoms with Crippen LogP contribution in [-0.4, -0.2) is 26.2 Å². The van der Waals surface area contributed by atoms with Gasteiger partial charge in [0.15, 0.2) is 0 Å². The average molecular weight is 395 g/mol. The van der Waals surface area contributed by atoms with E-state index in [1.54, 1.807) is 24.3 Å². The zero-order chi connectivity index (χ0) is 21.0. The Morgan fingerprint density at radius 2 is 1.55 bits per heavy atom. The molecule has 0 aliphatic rings. The van der Waals surface area contributed by atoms with Gasteiger partial charge in [0.1, 0.15) is 11.4 Å². The van der Waals surface area contributed by atoms with Gasteiger partial charge in [-0.25, -0.2) is 0 Å². The van der Waals surface area contributed by atoms with Crippen molar-refractivity contribution in [3.05, 3.63) is 88.0 Å². The van der Waals surface area contributed by atoms with Gasteiger partial charge >= 0.3 is 0 Å². The molecule has 0 radical (unpaired) electrons. The fraction of sp³-hybridized carbons (Fsp3) is 0. The number of hydrogen-bond acceptors (Lipinski definition) is 9. The second-order valence-electron chi connectivity index (χ2n) is 5.89. The van der Waals surface area contributed by atoms with Crippen LogP contribution >= 0.6 is 0 Å². The van der Waals surface area contributed by atoms with E-state index < -0.39 is 4.92 Å². The molecule has 3 rings (SSSR count). The summed E-state index contributed by atoms with van der Waals surface area (Å²) in [5, 5.41) is 54.6.